The molecular weight excluding hydrogens is 287 g/mol. The minimum absolute atomic E-state index is 0.505. The molecule has 0 bridgehead atoms. The lowest BCUT2D eigenvalue weighted by molar-refractivity contribution is 0.407. The Bertz CT molecular complexity index is 339. The normalized spacial score (nSPS) is 12.9. The summed E-state index contributed by atoms with van der Waals surface area (Å²) in [7, 11) is 1.69. The first-order valence-electron chi connectivity index (χ1n) is 5.46. The topological polar surface area (TPSA) is 9.23 Å². The van der Waals surface area contributed by atoms with Gasteiger partial charge in [-0.3, -0.25) is 0 Å². The van der Waals surface area contributed by atoms with Crippen LogP contribution in [0.4, 0.5) is 0 Å². The third-order valence-corrected chi connectivity index (χ3v) is 4.05. The van der Waals surface area contributed by atoms with Gasteiger partial charge in [0.2, 0.25) is 0 Å². The van der Waals surface area contributed by atoms with Crippen molar-refractivity contribution in [1.29, 1.82) is 0 Å². The van der Waals surface area contributed by atoms with Gasteiger partial charge in [0.1, 0.15) is 5.75 Å². The van der Waals surface area contributed by atoms with E-state index in [1.54, 1.807) is 7.11 Å². The third kappa shape index (κ3) is 3.67. The standard InChI is InChI=1S/C13H18BrClO/c1-9(2)11(8-15)6-10-7-12(16-3)4-5-13(10)14/h4-5,7,9,11H,6,8H2,1-3H3. The highest BCUT2D eigenvalue weighted by Crippen LogP contribution is 2.27. The van der Waals surface area contributed by atoms with Crippen LogP contribution >= 0.6 is 27.5 Å². The van der Waals surface area contributed by atoms with Gasteiger partial charge in [-0.25, -0.2) is 0 Å². The summed E-state index contributed by atoms with van der Waals surface area (Å²) in [6.07, 6.45) is 0.985. The van der Waals surface area contributed by atoms with Crippen LogP contribution in [0.3, 0.4) is 0 Å². The summed E-state index contributed by atoms with van der Waals surface area (Å²) in [5, 5.41) is 0. The number of alkyl halides is 1. The van der Waals surface area contributed by atoms with Gasteiger partial charge in [0.15, 0.2) is 0 Å². The van der Waals surface area contributed by atoms with E-state index in [4.69, 9.17) is 16.3 Å². The van der Waals surface area contributed by atoms with Gasteiger partial charge in [0.05, 0.1) is 7.11 Å². The maximum Gasteiger partial charge on any atom is 0.119 e. The highest BCUT2D eigenvalue weighted by molar-refractivity contribution is 9.10. The first-order chi connectivity index (χ1) is 7.58. The predicted octanol–water partition coefficient (Wildman–Crippen LogP) is 4.51. The fourth-order valence-electron chi connectivity index (χ4n) is 1.59. The van der Waals surface area contributed by atoms with Crippen LogP contribution in [0.1, 0.15) is 19.4 Å². The molecule has 0 radical (unpaired) electrons. The molecule has 1 unspecified atom stereocenters. The number of hydrogen-bond donors (Lipinski definition) is 0. The molecule has 0 fully saturated rings. The Balaban J connectivity index is 2.86. The van der Waals surface area contributed by atoms with Crippen LogP contribution < -0.4 is 4.74 Å². The lowest BCUT2D eigenvalue weighted by Crippen LogP contribution is -2.14. The summed E-state index contributed by atoms with van der Waals surface area (Å²) in [6.45, 7) is 4.42. The van der Waals surface area contributed by atoms with Crippen LogP contribution in [0.2, 0.25) is 0 Å². The van der Waals surface area contributed by atoms with Crippen molar-refractivity contribution in [1.82, 2.24) is 0 Å². The maximum absolute atomic E-state index is 5.99. The van der Waals surface area contributed by atoms with Gasteiger partial charge >= 0.3 is 0 Å². The number of ether oxygens (including phenoxy) is 1. The molecule has 1 atom stereocenters. The second kappa shape index (κ2) is 6.51. The summed E-state index contributed by atoms with van der Waals surface area (Å²) in [5.74, 6) is 2.69. The Morgan fingerprint density at radius 2 is 2.06 bits per heavy atom. The molecule has 1 aromatic rings. The molecular formula is C13H18BrClO. The Hall–Kier alpha value is -0.210. The van der Waals surface area contributed by atoms with Gasteiger partial charge in [-0.2, -0.15) is 0 Å². The minimum atomic E-state index is 0.505. The van der Waals surface area contributed by atoms with Crippen molar-refractivity contribution in [2.75, 3.05) is 13.0 Å². The smallest absolute Gasteiger partial charge is 0.119 e. The van der Waals surface area contributed by atoms with Crippen LogP contribution in [0.25, 0.3) is 0 Å². The lowest BCUT2D eigenvalue weighted by atomic mass is 9.91. The Kier molecular flexibility index (Phi) is 5.63. The van der Waals surface area contributed by atoms with Crippen LogP contribution in [0.5, 0.6) is 5.75 Å². The number of methoxy groups -OCH3 is 1. The van der Waals surface area contributed by atoms with E-state index >= 15 is 0 Å². The van der Waals surface area contributed by atoms with E-state index in [1.165, 1.54) is 5.56 Å². The van der Waals surface area contributed by atoms with Crippen molar-refractivity contribution in [2.45, 2.75) is 20.3 Å². The Morgan fingerprint density at radius 1 is 1.38 bits per heavy atom. The quantitative estimate of drug-likeness (QED) is 0.727. The Labute approximate surface area is 111 Å². The summed E-state index contributed by atoms with van der Waals surface area (Å²) in [5.41, 5.74) is 1.26. The van der Waals surface area contributed by atoms with E-state index in [0.717, 1.165) is 16.6 Å². The van der Waals surface area contributed by atoms with Crippen LogP contribution in [-0.4, -0.2) is 13.0 Å². The molecule has 0 aliphatic heterocycles. The number of rotatable bonds is 5. The van der Waals surface area contributed by atoms with E-state index in [0.29, 0.717) is 17.7 Å². The van der Waals surface area contributed by atoms with Crippen LogP contribution in [0, 0.1) is 11.8 Å². The van der Waals surface area contributed by atoms with Crippen molar-refractivity contribution < 1.29 is 4.74 Å². The van der Waals surface area contributed by atoms with Gasteiger partial charge < -0.3 is 4.74 Å². The van der Waals surface area contributed by atoms with Gasteiger partial charge in [0.25, 0.3) is 0 Å². The second-order valence-corrected chi connectivity index (χ2v) is 5.48. The average molecular weight is 306 g/mol. The minimum Gasteiger partial charge on any atom is -0.497 e. The predicted molar refractivity (Wildman–Crippen MR) is 73.4 cm³/mol. The third-order valence-electron chi connectivity index (χ3n) is 2.88. The molecule has 0 aromatic heterocycles. The molecule has 0 aliphatic rings. The molecule has 1 nitrogen and oxygen atoms in total. The van der Waals surface area contributed by atoms with E-state index in [1.807, 2.05) is 12.1 Å². The van der Waals surface area contributed by atoms with E-state index in [9.17, 15) is 0 Å². The molecule has 0 spiro atoms. The van der Waals surface area contributed by atoms with E-state index in [-0.39, 0.29) is 0 Å². The van der Waals surface area contributed by atoms with Crippen molar-refractivity contribution in [3.63, 3.8) is 0 Å². The maximum atomic E-state index is 5.99. The van der Waals surface area contributed by atoms with Crippen LogP contribution in [-0.2, 0) is 6.42 Å². The summed E-state index contributed by atoms with van der Waals surface area (Å²) >= 11 is 9.56. The second-order valence-electron chi connectivity index (χ2n) is 4.32. The highest BCUT2D eigenvalue weighted by atomic mass is 79.9. The monoisotopic (exact) mass is 304 g/mol. The first-order valence-corrected chi connectivity index (χ1v) is 6.79. The first kappa shape index (κ1) is 13.9. The molecule has 90 valence electrons. The summed E-state index contributed by atoms with van der Waals surface area (Å²) in [6, 6.07) is 6.06. The molecule has 0 N–H and O–H groups in total. The fraction of sp³-hybridized carbons (Fsp3) is 0.538. The number of benzene rings is 1. The van der Waals surface area contributed by atoms with Gasteiger partial charge in [0, 0.05) is 10.4 Å². The van der Waals surface area contributed by atoms with Crippen molar-refractivity contribution in [3.05, 3.63) is 28.2 Å². The van der Waals surface area contributed by atoms with E-state index < -0.39 is 0 Å². The Morgan fingerprint density at radius 3 is 2.56 bits per heavy atom. The zero-order valence-electron chi connectivity index (χ0n) is 9.97. The average Bonchev–Trinajstić information content (AvgIpc) is 2.27. The molecule has 3 heteroatoms. The van der Waals surface area contributed by atoms with Gasteiger partial charge in [-0.15, -0.1) is 11.6 Å². The lowest BCUT2D eigenvalue weighted by Gasteiger charge is -2.19. The number of hydrogen-bond acceptors (Lipinski definition) is 1. The summed E-state index contributed by atoms with van der Waals surface area (Å²) < 4.78 is 6.36. The fourth-order valence-corrected chi connectivity index (χ4v) is 2.46. The molecule has 0 heterocycles. The zero-order chi connectivity index (χ0) is 12.1. The number of halogens is 2. The molecule has 1 rings (SSSR count). The SMILES string of the molecule is COc1ccc(Br)c(CC(CCl)C(C)C)c1. The molecule has 0 amide bonds. The highest BCUT2D eigenvalue weighted by Gasteiger charge is 2.14. The molecule has 0 saturated carbocycles. The van der Waals surface area contributed by atoms with Crippen molar-refractivity contribution in [3.8, 4) is 5.75 Å². The molecule has 0 aliphatic carbocycles. The zero-order valence-corrected chi connectivity index (χ0v) is 12.3. The van der Waals surface area contributed by atoms with Crippen molar-refractivity contribution >= 4 is 27.5 Å². The van der Waals surface area contributed by atoms with Gasteiger partial charge in [-0.1, -0.05) is 29.8 Å². The van der Waals surface area contributed by atoms with E-state index in [2.05, 4.69) is 35.8 Å². The molecule has 1 aromatic carbocycles. The van der Waals surface area contributed by atoms with Crippen molar-refractivity contribution in [2.24, 2.45) is 11.8 Å². The largest absolute Gasteiger partial charge is 0.497 e. The molecule has 0 saturated heterocycles. The van der Waals surface area contributed by atoms with Gasteiger partial charge in [-0.05, 0) is 42.0 Å². The van der Waals surface area contributed by atoms with Crippen LogP contribution in [0.15, 0.2) is 22.7 Å². The molecule has 16 heavy (non-hydrogen) atoms. The summed E-state index contributed by atoms with van der Waals surface area (Å²) in [4.78, 5) is 0.